The Morgan fingerprint density at radius 1 is 0.508 bits per heavy atom. The smallest absolute Gasteiger partial charge is 0.402 e. The van der Waals surface area contributed by atoms with Crippen LogP contribution >= 0.6 is 0 Å². The lowest BCUT2D eigenvalue weighted by Crippen LogP contribution is -3.61. The molecule has 318 valence electrons. The zero-order valence-electron chi connectivity index (χ0n) is 32.5. The Labute approximate surface area is 352 Å². The number of halogens is 9. The molecule has 5 aromatic carbocycles. The van der Waals surface area contributed by atoms with Gasteiger partial charge in [0.25, 0.3) is 0 Å². The van der Waals surface area contributed by atoms with Crippen molar-refractivity contribution < 1.29 is 79.2 Å². The predicted octanol–water partition coefficient (Wildman–Crippen LogP) is 6.97. The number of benzene rings is 5. The maximum atomic E-state index is 12.5. The first kappa shape index (κ1) is 49.4. The highest BCUT2D eigenvalue weighted by molar-refractivity contribution is 7.97. The molecule has 0 heterocycles. The maximum absolute atomic E-state index is 12.5. The molecule has 5 nitrogen and oxygen atoms in total. The second-order valence-corrected chi connectivity index (χ2v) is 21.3. The minimum Gasteiger partial charge on any atom is -0.743 e. The first-order valence-electron chi connectivity index (χ1n) is 17.5. The second-order valence-electron chi connectivity index (χ2n) is 14.8. The van der Waals surface area contributed by atoms with Gasteiger partial charge in [0.05, 0.1) is 10.9 Å². The van der Waals surface area contributed by atoms with Gasteiger partial charge in [0.15, 0.2) is 31.9 Å². The van der Waals surface area contributed by atoms with Crippen molar-refractivity contribution in [3.63, 3.8) is 0 Å². The van der Waals surface area contributed by atoms with Gasteiger partial charge in [-0.1, -0.05) is 120 Å². The van der Waals surface area contributed by atoms with Gasteiger partial charge in [-0.3, -0.25) is 0 Å². The molecule has 0 aliphatic carbocycles. The van der Waals surface area contributed by atoms with Crippen LogP contribution in [0.5, 0.6) is 0 Å². The van der Waals surface area contributed by atoms with E-state index < -0.39 is 39.1 Å². The lowest BCUT2D eigenvalue weighted by molar-refractivity contribution is -0.597. The average Bonchev–Trinajstić information content (AvgIpc) is 3.16. The molecule has 5 rings (SSSR count). The highest BCUT2D eigenvalue weighted by atomic mass is 127. The van der Waals surface area contributed by atoms with E-state index in [1.807, 2.05) is 0 Å². The third-order valence-electron chi connectivity index (χ3n) is 8.30. The fraction of sp³-hybridized carbons (Fsp3) is 0.279. The number of hydrogen-bond donors (Lipinski definition) is 0. The number of carboxylic acids is 1. The number of carbonyl (C=O) groups is 1. The molecule has 0 saturated heterocycles. The molecule has 5 aromatic rings. The van der Waals surface area contributed by atoms with E-state index in [2.05, 4.69) is 181 Å². The zero-order valence-corrected chi connectivity index (χ0v) is 36.3. The Morgan fingerprint density at radius 2 is 0.797 bits per heavy atom. The number of carboxylic acid groups (broad SMARTS) is 1. The summed E-state index contributed by atoms with van der Waals surface area (Å²) in [6.07, 6.45) is 0. The lowest BCUT2D eigenvalue weighted by atomic mass is 9.87. The SMILES string of the molecule is CC(C)(C)c1ccc([I+]c2ccc(C(C)(C)C)cc2)cc1.O=C([O-])C(F)(F)C(F)(F)C(F)(F)C(F)(F)S(=O)(=O)[O-].c1ccc([S+](c2ccccc2)c2ccccc2)cc1. The normalized spacial score (nSPS) is 12.8. The molecule has 0 aromatic heterocycles. The number of hydrogen-bond acceptors (Lipinski definition) is 5. The first-order chi connectivity index (χ1) is 27.1. The number of rotatable bonds is 10. The Morgan fingerprint density at radius 3 is 1.03 bits per heavy atom. The summed E-state index contributed by atoms with van der Waals surface area (Å²) < 4.78 is 131. The van der Waals surface area contributed by atoms with Crippen LogP contribution in [0.15, 0.2) is 154 Å². The average molecular weight is 981 g/mol. The van der Waals surface area contributed by atoms with Crippen LogP contribution in [-0.4, -0.2) is 42.0 Å². The van der Waals surface area contributed by atoms with E-state index in [1.54, 1.807) is 0 Å². The van der Waals surface area contributed by atoms with Crippen LogP contribution in [0, 0.1) is 7.14 Å². The van der Waals surface area contributed by atoms with Crippen molar-refractivity contribution in [1.82, 2.24) is 0 Å². The molecule has 0 atom stereocenters. The van der Waals surface area contributed by atoms with E-state index in [1.165, 1.54) is 33.0 Å². The third kappa shape index (κ3) is 12.1. The summed E-state index contributed by atoms with van der Waals surface area (Å²) in [5.41, 5.74) is 3.31. The van der Waals surface area contributed by atoms with Gasteiger partial charge in [0, 0.05) is 0 Å². The van der Waals surface area contributed by atoms with E-state index in [9.17, 15) is 58.0 Å². The summed E-state index contributed by atoms with van der Waals surface area (Å²) in [7, 11) is -7.50. The Bertz CT molecular complexity index is 2070. The van der Waals surface area contributed by atoms with Crippen molar-refractivity contribution in [3.05, 3.63) is 158 Å². The standard InChI is InChI=1S/C20H26I.C18H15S.C5H2F8O5S/c1-19(2,3)15-7-11-17(12-8-15)21-18-13-9-16(10-14-18)20(4,5)6;1-4-10-16(11-5-1)19(17-12-6-2-7-13-17)18-14-8-3-9-15-18;6-2(7,1(14)15)3(8,9)4(10,11)5(12,13)19(16,17)18/h7-14H,1-6H3;1-15H;(H,14,15)(H,16,17,18)/q2*+1;/p-2. The van der Waals surface area contributed by atoms with Gasteiger partial charge in [-0.2, -0.15) is 35.1 Å². The molecule has 0 saturated carbocycles. The minimum absolute atomic E-state index is 0.0146. The maximum Gasteiger partial charge on any atom is 0.402 e. The molecule has 0 spiro atoms. The van der Waals surface area contributed by atoms with Crippen molar-refractivity contribution >= 4 is 27.0 Å². The molecular weight excluding hydrogens is 939 g/mol. The van der Waals surface area contributed by atoms with Gasteiger partial charge < -0.3 is 14.5 Å². The predicted molar refractivity (Wildman–Crippen MR) is 204 cm³/mol. The highest BCUT2D eigenvalue weighted by Gasteiger charge is 2.83. The first-order valence-corrected chi connectivity index (χ1v) is 22.3. The summed E-state index contributed by atoms with van der Waals surface area (Å²) >= 11 is -0.0703. The number of carbonyl (C=O) groups excluding carboxylic acids is 1. The lowest BCUT2D eigenvalue weighted by Gasteiger charge is -2.37. The Balaban J connectivity index is 0.000000237. The van der Waals surface area contributed by atoms with Gasteiger partial charge in [0.1, 0.15) is 5.97 Å². The summed E-state index contributed by atoms with van der Waals surface area (Å²) in [6.45, 7) is 13.6. The third-order valence-corrected chi connectivity index (χ3v) is 14.1. The van der Waals surface area contributed by atoms with Crippen molar-refractivity contribution in [2.45, 2.75) is 90.1 Å². The van der Waals surface area contributed by atoms with Crippen LogP contribution in [0.1, 0.15) is 52.7 Å². The van der Waals surface area contributed by atoms with Crippen LogP contribution < -0.4 is 26.3 Å². The largest absolute Gasteiger partial charge is 0.743 e. The van der Waals surface area contributed by atoms with Gasteiger partial charge in [-0.25, -0.2) is 8.42 Å². The minimum atomic E-state index is -7.50. The van der Waals surface area contributed by atoms with Gasteiger partial charge in [-0.05, 0) is 82.6 Å². The quantitative estimate of drug-likeness (QED) is 0.0653. The van der Waals surface area contributed by atoms with E-state index in [0.717, 1.165) is 0 Å². The summed E-state index contributed by atoms with van der Waals surface area (Å²) in [4.78, 5) is 13.6. The molecule has 0 bridgehead atoms. The highest BCUT2D eigenvalue weighted by Crippen LogP contribution is 2.53. The van der Waals surface area contributed by atoms with Crippen LogP contribution in [-0.2, 0) is 36.6 Å². The summed E-state index contributed by atoms with van der Waals surface area (Å²) in [5, 5.41) is 2.37. The van der Waals surface area contributed by atoms with Gasteiger partial charge >= 0.3 is 44.2 Å². The molecule has 0 fully saturated rings. The Kier molecular flexibility index (Phi) is 16.0. The van der Waals surface area contributed by atoms with Gasteiger partial charge in [-0.15, -0.1) is 0 Å². The number of alkyl halides is 8. The van der Waals surface area contributed by atoms with Crippen LogP contribution in [0.3, 0.4) is 0 Å². The van der Waals surface area contributed by atoms with Crippen molar-refractivity contribution in [3.8, 4) is 0 Å². The fourth-order valence-corrected chi connectivity index (χ4v) is 9.60. The molecule has 59 heavy (non-hydrogen) atoms. The van der Waals surface area contributed by atoms with E-state index in [4.69, 9.17) is 0 Å². The second kappa shape index (κ2) is 19.1. The van der Waals surface area contributed by atoms with Crippen LogP contribution in [0.4, 0.5) is 35.1 Å². The molecule has 0 unspecified atom stereocenters. The molecular formula is C43H41F8IO5S2. The molecule has 0 N–H and O–H groups in total. The molecule has 0 radical (unpaired) electrons. The van der Waals surface area contributed by atoms with Gasteiger partial charge in [0.2, 0.25) is 0 Å². The fourth-order valence-electron chi connectivity index (χ4n) is 4.89. The molecule has 16 heteroatoms. The van der Waals surface area contributed by atoms with E-state index in [0.29, 0.717) is 0 Å². The van der Waals surface area contributed by atoms with Crippen LogP contribution in [0.25, 0.3) is 0 Å². The summed E-state index contributed by atoms with van der Waals surface area (Å²) in [6, 6.07) is 50.6. The summed E-state index contributed by atoms with van der Waals surface area (Å²) in [5.74, 6) is -25.9. The van der Waals surface area contributed by atoms with E-state index in [-0.39, 0.29) is 42.9 Å². The Hall–Kier alpha value is -4.00. The van der Waals surface area contributed by atoms with Crippen molar-refractivity contribution in [1.29, 1.82) is 0 Å². The zero-order chi connectivity index (χ0) is 44.7. The topological polar surface area (TPSA) is 97.3 Å². The number of aliphatic carboxylic acids is 1. The van der Waals surface area contributed by atoms with E-state index >= 15 is 0 Å². The van der Waals surface area contributed by atoms with Crippen molar-refractivity contribution in [2.75, 3.05) is 0 Å². The van der Waals surface area contributed by atoms with Crippen molar-refractivity contribution in [2.24, 2.45) is 0 Å². The molecule has 0 aliphatic rings. The molecule has 0 amide bonds. The van der Waals surface area contributed by atoms with Crippen LogP contribution in [0.2, 0.25) is 0 Å². The monoisotopic (exact) mass is 980 g/mol. The molecule has 0 aliphatic heterocycles.